The van der Waals surface area contributed by atoms with E-state index in [1.165, 1.54) is 0 Å². The van der Waals surface area contributed by atoms with E-state index < -0.39 is 24.0 Å². The van der Waals surface area contributed by atoms with Crippen molar-refractivity contribution in [2.45, 2.75) is 6.04 Å². The Morgan fingerprint density at radius 3 is 2.42 bits per heavy atom. The topological polar surface area (TPSA) is 107 Å². The summed E-state index contributed by atoms with van der Waals surface area (Å²) in [5, 5.41) is 16.8. The predicted octanol–water partition coefficient (Wildman–Crippen LogP) is -1.01. The van der Waals surface area contributed by atoms with Crippen LogP contribution in [0.25, 0.3) is 0 Å². The molecule has 1 heterocycles. The third kappa shape index (κ3) is 1.11. The van der Waals surface area contributed by atoms with Gasteiger partial charge in [-0.1, -0.05) is 0 Å². The van der Waals surface area contributed by atoms with E-state index in [0.29, 0.717) is 11.2 Å². The van der Waals surface area contributed by atoms with Gasteiger partial charge in [-0.05, 0) is 0 Å². The number of carbonyl (C=O) groups is 3. The van der Waals surface area contributed by atoms with Gasteiger partial charge in [-0.25, -0.2) is 19.5 Å². The molecule has 7 heteroatoms. The number of amides is 2. The van der Waals surface area contributed by atoms with Crippen molar-refractivity contribution in [2.24, 2.45) is 4.99 Å². The smallest absolute Gasteiger partial charge is 0.413 e. The molecule has 64 valence electrons. The second-order valence-corrected chi connectivity index (χ2v) is 2.01. The van der Waals surface area contributed by atoms with E-state index in [0.717, 1.165) is 0 Å². The molecular formula is C5H4N2O5. The zero-order chi connectivity index (χ0) is 9.30. The second kappa shape index (κ2) is 2.61. The van der Waals surface area contributed by atoms with Crippen LogP contribution in [0.4, 0.5) is 4.79 Å². The van der Waals surface area contributed by atoms with E-state index in [2.05, 4.69) is 4.99 Å². The summed E-state index contributed by atoms with van der Waals surface area (Å²) >= 11 is 0. The van der Waals surface area contributed by atoms with E-state index in [9.17, 15) is 14.4 Å². The highest BCUT2D eigenvalue weighted by Crippen LogP contribution is 2.07. The second-order valence-electron chi connectivity index (χ2n) is 2.01. The molecule has 0 aliphatic carbocycles. The molecule has 0 bridgehead atoms. The first kappa shape index (κ1) is 8.18. The van der Waals surface area contributed by atoms with Gasteiger partial charge in [0.1, 0.15) is 6.34 Å². The Hall–Kier alpha value is -1.92. The monoisotopic (exact) mass is 172 g/mol. The largest absolute Gasteiger partial charge is 0.479 e. The quantitative estimate of drug-likeness (QED) is 0.492. The summed E-state index contributed by atoms with van der Waals surface area (Å²) in [7, 11) is 0. The molecule has 1 aliphatic rings. The molecule has 2 amide bonds. The number of nitrogens with zero attached hydrogens (tertiary/aromatic N) is 2. The standard InChI is InChI=1S/C5H4N2O5/c8-3-2(4(9)10)7(1-6-3)5(11)12/h1-2H,(H,9,10)(H,11,12). The number of carbonyl (C=O) groups excluding carboxylic acids is 1. The van der Waals surface area contributed by atoms with Crippen LogP contribution in [0.2, 0.25) is 0 Å². The van der Waals surface area contributed by atoms with Crippen LogP contribution in [0.1, 0.15) is 0 Å². The molecule has 0 aromatic carbocycles. The maximum absolute atomic E-state index is 10.6. The molecule has 0 saturated carbocycles. The third-order valence-electron chi connectivity index (χ3n) is 1.28. The van der Waals surface area contributed by atoms with E-state index in [1.54, 1.807) is 0 Å². The maximum atomic E-state index is 10.6. The van der Waals surface area contributed by atoms with Crippen molar-refractivity contribution in [3.63, 3.8) is 0 Å². The lowest BCUT2D eigenvalue weighted by molar-refractivity contribution is -0.144. The minimum Gasteiger partial charge on any atom is -0.479 e. The van der Waals surface area contributed by atoms with Crippen molar-refractivity contribution in [2.75, 3.05) is 0 Å². The molecule has 2 N–H and O–H groups in total. The molecule has 12 heavy (non-hydrogen) atoms. The summed E-state index contributed by atoms with van der Waals surface area (Å²) in [5.74, 6) is -2.51. The van der Waals surface area contributed by atoms with E-state index in [1.807, 2.05) is 0 Å². The Bertz CT molecular complexity index is 284. The number of hydrogen-bond donors (Lipinski definition) is 2. The van der Waals surface area contributed by atoms with Crippen LogP contribution in [0.3, 0.4) is 0 Å². The molecule has 7 nitrogen and oxygen atoms in total. The van der Waals surface area contributed by atoms with Gasteiger partial charge in [-0.3, -0.25) is 4.79 Å². The zero-order valence-electron chi connectivity index (χ0n) is 5.67. The molecule has 1 atom stereocenters. The summed E-state index contributed by atoms with van der Waals surface area (Å²) in [6.45, 7) is 0. The first-order valence-electron chi connectivity index (χ1n) is 2.86. The Morgan fingerprint density at radius 2 is 2.08 bits per heavy atom. The van der Waals surface area contributed by atoms with Gasteiger partial charge in [0.2, 0.25) is 6.04 Å². The molecule has 0 fully saturated rings. The summed E-state index contributed by atoms with van der Waals surface area (Å²) in [5.41, 5.74) is 0. The number of rotatable bonds is 1. The highest BCUT2D eigenvalue weighted by Gasteiger charge is 2.39. The lowest BCUT2D eigenvalue weighted by Crippen LogP contribution is -2.43. The van der Waals surface area contributed by atoms with Crippen LogP contribution in [0.5, 0.6) is 0 Å². The van der Waals surface area contributed by atoms with Gasteiger partial charge >= 0.3 is 12.1 Å². The van der Waals surface area contributed by atoms with Gasteiger partial charge in [0, 0.05) is 0 Å². The van der Waals surface area contributed by atoms with Crippen LogP contribution in [0, 0.1) is 0 Å². The van der Waals surface area contributed by atoms with E-state index >= 15 is 0 Å². The van der Waals surface area contributed by atoms with Crippen molar-refractivity contribution in [3.8, 4) is 0 Å². The highest BCUT2D eigenvalue weighted by molar-refractivity contribution is 6.12. The summed E-state index contributed by atoms with van der Waals surface area (Å²) in [6.07, 6.45) is -0.833. The van der Waals surface area contributed by atoms with Crippen LogP contribution in [-0.4, -0.2) is 45.5 Å². The number of aliphatic carboxylic acids is 1. The fourth-order valence-electron chi connectivity index (χ4n) is 0.760. The Morgan fingerprint density at radius 1 is 1.50 bits per heavy atom. The van der Waals surface area contributed by atoms with Crippen molar-refractivity contribution < 1.29 is 24.6 Å². The Labute approximate surface area is 65.9 Å². The zero-order valence-corrected chi connectivity index (χ0v) is 5.67. The predicted molar refractivity (Wildman–Crippen MR) is 34.8 cm³/mol. The molecule has 1 rings (SSSR count). The van der Waals surface area contributed by atoms with Gasteiger partial charge in [0.05, 0.1) is 0 Å². The van der Waals surface area contributed by atoms with Gasteiger partial charge in [0.25, 0.3) is 5.91 Å². The van der Waals surface area contributed by atoms with Crippen LogP contribution < -0.4 is 0 Å². The minimum absolute atomic E-state index is 0.338. The SMILES string of the molecule is O=C(O)C1C(=O)N=CN1C(=O)O. The van der Waals surface area contributed by atoms with Crippen LogP contribution in [-0.2, 0) is 9.59 Å². The molecule has 0 aromatic rings. The molecule has 1 unspecified atom stereocenters. The van der Waals surface area contributed by atoms with Crippen molar-refractivity contribution in [1.82, 2.24) is 4.90 Å². The fraction of sp³-hybridized carbons (Fsp3) is 0.200. The Kier molecular flexibility index (Phi) is 1.78. The molecule has 0 spiro atoms. The van der Waals surface area contributed by atoms with Gasteiger partial charge in [-0.15, -0.1) is 0 Å². The minimum atomic E-state index is -1.72. The molecular weight excluding hydrogens is 168 g/mol. The number of aliphatic imine (C=N–C) groups is 1. The van der Waals surface area contributed by atoms with E-state index in [-0.39, 0.29) is 0 Å². The average Bonchev–Trinajstić information content (AvgIpc) is 2.30. The third-order valence-corrected chi connectivity index (χ3v) is 1.28. The maximum Gasteiger partial charge on any atom is 0.413 e. The van der Waals surface area contributed by atoms with Crippen LogP contribution in [0.15, 0.2) is 4.99 Å². The fourth-order valence-corrected chi connectivity index (χ4v) is 0.760. The molecule has 1 aliphatic heterocycles. The lowest BCUT2D eigenvalue weighted by atomic mass is 10.3. The summed E-state index contributed by atoms with van der Waals surface area (Å²) in [4.78, 5) is 34.6. The first-order valence-corrected chi connectivity index (χ1v) is 2.86. The Balaban J connectivity index is 2.91. The number of carboxylic acids is 1. The van der Waals surface area contributed by atoms with E-state index in [4.69, 9.17) is 10.2 Å². The van der Waals surface area contributed by atoms with Crippen LogP contribution >= 0.6 is 0 Å². The summed E-state index contributed by atoms with van der Waals surface area (Å²) in [6, 6.07) is -1.72. The molecule has 0 aromatic heterocycles. The van der Waals surface area contributed by atoms with Crippen molar-refractivity contribution in [1.29, 1.82) is 0 Å². The van der Waals surface area contributed by atoms with Gasteiger partial charge in [-0.2, -0.15) is 0 Å². The highest BCUT2D eigenvalue weighted by atomic mass is 16.4. The van der Waals surface area contributed by atoms with Gasteiger partial charge < -0.3 is 10.2 Å². The normalized spacial score (nSPS) is 21.5. The number of carboxylic acid groups (broad SMARTS) is 2. The van der Waals surface area contributed by atoms with Gasteiger partial charge in [0.15, 0.2) is 0 Å². The van der Waals surface area contributed by atoms with Crippen molar-refractivity contribution >= 4 is 24.3 Å². The molecule has 0 radical (unpaired) electrons. The first-order chi connectivity index (χ1) is 5.54. The van der Waals surface area contributed by atoms with Crippen molar-refractivity contribution in [3.05, 3.63) is 0 Å². The molecule has 0 saturated heterocycles. The number of hydrogen-bond acceptors (Lipinski definition) is 3. The summed E-state index contributed by atoms with van der Waals surface area (Å²) < 4.78 is 0. The lowest BCUT2D eigenvalue weighted by Gasteiger charge is -2.11. The average molecular weight is 172 g/mol.